The van der Waals surface area contributed by atoms with Crippen molar-refractivity contribution in [2.24, 2.45) is 4.99 Å². The van der Waals surface area contributed by atoms with Gasteiger partial charge in [-0.15, -0.1) is 11.3 Å². The van der Waals surface area contributed by atoms with Crippen LogP contribution < -0.4 is 16.0 Å². The van der Waals surface area contributed by atoms with E-state index in [4.69, 9.17) is 0 Å². The molecule has 0 saturated carbocycles. The number of non-ortho nitro benzene ring substituents is 1. The Labute approximate surface area is 175 Å². The van der Waals surface area contributed by atoms with E-state index in [-0.39, 0.29) is 5.69 Å². The van der Waals surface area contributed by atoms with E-state index < -0.39 is 4.92 Å². The number of anilines is 1. The second-order valence-electron chi connectivity index (χ2n) is 6.88. The van der Waals surface area contributed by atoms with Crippen molar-refractivity contribution < 1.29 is 4.92 Å². The zero-order valence-corrected chi connectivity index (χ0v) is 17.5. The second kappa shape index (κ2) is 10.8. The largest absolute Gasteiger partial charge is 0.383 e. The second-order valence-corrected chi connectivity index (χ2v) is 7.86. The standard InChI is InChI=1S/C20H28N6O2S/c1-21-20(23-11-10-22-16-6-8-17(9-7-16)26(27)28)24-15-18(19-5-4-14-29-19)25-12-2-3-13-25/h4-9,14,18,22H,2-3,10-13,15H2,1H3,(H2,21,23,24). The summed E-state index contributed by atoms with van der Waals surface area (Å²) in [5.74, 6) is 0.774. The summed E-state index contributed by atoms with van der Waals surface area (Å²) in [5.41, 5.74) is 0.948. The molecule has 1 aliphatic heterocycles. The van der Waals surface area contributed by atoms with E-state index in [2.05, 4.69) is 43.4 Å². The number of nitro groups is 1. The fraction of sp³-hybridized carbons (Fsp3) is 0.450. The molecule has 1 aliphatic rings. The lowest BCUT2D eigenvalue weighted by atomic mass is 10.2. The molecule has 0 bridgehead atoms. The number of hydrogen-bond acceptors (Lipinski definition) is 6. The fourth-order valence-corrected chi connectivity index (χ4v) is 4.31. The average Bonchev–Trinajstić information content (AvgIpc) is 3.45. The van der Waals surface area contributed by atoms with Gasteiger partial charge in [0.1, 0.15) is 0 Å². The van der Waals surface area contributed by atoms with Crippen molar-refractivity contribution in [3.8, 4) is 0 Å². The van der Waals surface area contributed by atoms with Gasteiger partial charge in [0, 0.05) is 49.4 Å². The van der Waals surface area contributed by atoms with Gasteiger partial charge in [-0.3, -0.25) is 20.0 Å². The molecule has 1 unspecified atom stereocenters. The van der Waals surface area contributed by atoms with E-state index in [0.29, 0.717) is 19.1 Å². The minimum absolute atomic E-state index is 0.0941. The molecule has 8 nitrogen and oxygen atoms in total. The first-order valence-corrected chi connectivity index (χ1v) is 10.8. The van der Waals surface area contributed by atoms with Gasteiger partial charge in [0.05, 0.1) is 11.0 Å². The number of likely N-dealkylation sites (tertiary alicyclic amines) is 1. The van der Waals surface area contributed by atoms with E-state index >= 15 is 0 Å². The van der Waals surface area contributed by atoms with Crippen LogP contribution in [0, 0.1) is 10.1 Å². The van der Waals surface area contributed by atoms with Crippen LogP contribution in [0.2, 0.25) is 0 Å². The Hall–Kier alpha value is -2.65. The Bertz CT molecular complexity index is 788. The summed E-state index contributed by atoms with van der Waals surface area (Å²) in [7, 11) is 1.77. The molecule has 0 spiro atoms. The molecule has 0 amide bonds. The predicted molar refractivity (Wildman–Crippen MR) is 119 cm³/mol. The molecule has 0 radical (unpaired) electrons. The van der Waals surface area contributed by atoms with Gasteiger partial charge in [-0.25, -0.2) is 0 Å². The average molecular weight is 417 g/mol. The molecule has 3 N–H and O–H groups in total. The van der Waals surface area contributed by atoms with Crippen LogP contribution in [0.4, 0.5) is 11.4 Å². The summed E-state index contributed by atoms with van der Waals surface area (Å²) < 4.78 is 0. The van der Waals surface area contributed by atoms with Crippen LogP contribution in [-0.2, 0) is 0 Å². The highest BCUT2D eigenvalue weighted by Gasteiger charge is 2.24. The molecular weight excluding hydrogens is 388 g/mol. The molecule has 156 valence electrons. The van der Waals surface area contributed by atoms with Crippen LogP contribution in [0.3, 0.4) is 0 Å². The molecule has 9 heteroatoms. The first kappa shape index (κ1) is 21.1. The zero-order chi connectivity index (χ0) is 20.5. The first-order chi connectivity index (χ1) is 14.2. The number of nitro benzene ring substituents is 1. The topological polar surface area (TPSA) is 94.8 Å². The molecular formula is C20H28N6O2S. The minimum atomic E-state index is -0.396. The molecule has 3 rings (SSSR count). The number of aliphatic imine (C=N–C) groups is 1. The molecule has 1 fully saturated rings. The van der Waals surface area contributed by atoms with Crippen molar-refractivity contribution in [1.29, 1.82) is 0 Å². The maximum Gasteiger partial charge on any atom is 0.269 e. The Morgan fingerprint density at radius 3 is 2.59 bits per heavy atom. The Kier molecular flexibility index (Phi) is 7.83. The van der Waals surface area contributed by atoms with Crippen molar-refractivity contribution in [3.05, 3.63) is 56.8 Å². The normalized spacial score (nSPS) is 15.8. The Morgan fingerprint density at radius 2 is 1.97 bits per heavy atom. The van der Waals surface area contributed by atoms with E-state index in [1.54, 1.807) is 30.5 Å². The molecule has 2 heterocycles. The highest BCUT2D eigenvalue weighted by Crippen LogP contribution is 2.27. The number of rotatable bonds is 9. The Morgan fingerprint density at radius 1 is 1.21 bits per heavy atom. The van der Waals surface area contributed by atoms with Crippen LogP contribution >= 0.6 is 11.3 Å². The van der Waals surface area contributed by atoms with Crippen molar-refractivity contribution in [1.82, 2.24) is 15.5 Å². The Balaban J connectivity index is 1.43. The van der Waals surface area contributed by atoms with Crippen LogP contribution in [-0.4, -0.2) is 55.6 Å². The van der Waals surface area contributed by atoms with Crippen LogP contribution in [0.15, 0.2) is 46.8 Å². The van der Waals surface area contributed by atoms with Gasteiger partial charge < -0.3 is 16.0 Å². The lowest BCUT2D eigenvalue weighted by molar-refractivity contribution is -0.384. The number of benzene rings is 1. The van der Waals surface area contributed by atoms with E-state index in [9.17, 15) is 10.1 Å². The summed E-state index contributed by atoms with van der Waals surface area (Å²) in [5, 5.41) is 22.9. The van der Waals surface area contributed by atoms with Gasteiger partial charge in [0.25, 0.3) is 5.69 Å². The van der Waals surface area contributed by atoms with Gasteiger partial charge in [0.2, 0.25) is 0 Å². The molecule has 1 atom stereocenters. The predicted octanol–water partition coefficient (Wildman–Crippen LogP) is 3.07. The molecule has 1 aromatic heterocycles. The molecule has 2 aromatic rings. The number of nitrogens with one attached hydrogen (secondary N) is 3. The highest BCUT2D eigenvalue weighted by atomic mass is 32.1. The van der Waals surface area contributed by atoms with Gasteiger partial charge in [-0.05, 0) is 49.5 Å². The lowest BCUT2D eigenvalue weighted by Crippen LogP contribution is -2.43. The van der Waals surface area contributed by atoms with Crippen LogP contribution in [0.1, 0.15) is 23.8 Å². The van der Waals surface area contributed by atoms with Crippen molar-refractivity contribution in [3.63, 3.8) is 0 Å². The maximum absolute atomic E-state index is 10.7. The molecule has 29 heavy (non-hydrogen) atoms. The maximum atomic E-state index is 10.7. The van der Waals surface area contributed by atoms with Crippen LogP contribution in [0.25, 0.3) is 0 Å². The zero-order valence-electron chi connectivity index (χ0n) is 16.6. The third-order valence-electron chi connectivity index (χ3n) is 4.96. The quantitative estimate of drug-likeness (QED) is 0.191. The summed E-state index contributed by atoms with van der Waals surface area (Å²) in [6.07, 6.45) is 2.53. The van der Waals surface area contributed by atoms with Gasteiger partial charge >= 0.3 is 0 Å². The fourth-order valence-electron chi connectivity index (χ4n) is 3.45. The third-order valence-corrected chi connectivity index (χ3v) is 5.94. The van der Waals surface area contributed by atoms with Crippen LogP contribution in [0.5, 0.6) is 0 Å². The molecule has 1 saturated heterocycles. The molecule has 0 aliphatic carbocycles. The van der Waals surface area contributed by atoms with E-state index in [0.717, 1.165) is 31.3 Å². The highest BCUT2D eigenvalue weighted by molar-refractivity contribution is 7.10. The lowest BCUT2D eigenvalue weighted by Gasteiger charge is -2.27. The number of nitrogens with zero attached hydrogens (tertiary/aromatic N) is 3. The third kappa shape index (κ3) is 6.16. The number of hydrogen-bond donors (Lipinski definition) is 3. The van der Waals surface area contributed by atoms with Crippen molar-refractivity contribution in [2.45, 2.75) is 18.9 Å². The van der Waals surface area contributed by atoms with Crippen molar-refractivity contribution >= 4 is 28.7 Å². The summed E-state index contributed by atoms with van der Waals surface area (Å²) in [6.45, 7) is 4.48. The van der Waals surface area contributed by atoms with Crippen molar-refractivity contribution in [2.75, 3.05) is 45.1 Å². The summed E-state index contributed by atoms with van der Waals surface area (Å²) in [4.78, 5) is 18.6. The molecule has 1 aromatic carbocycles. The first-order valence-electron chi connectivity index (χ1n) is 9.87. The summed E-state index contributed by atoms with van der Waals surface area (Å²) >= 11 is 1.80. The SMILES string of the molecule is CN=C(NCCNc1ccc([N+](=O)[O-])cc1)NCC(c1cccs1)N1CCCC1. The minimum Gasteiger partial charge on any atom is -0.383 e. The smallest absolute Gasteiger partial charge is 0.269 e. The summed E-state index contributed by atoms with van der Waals surface area (Å²) in [6, 6.07) is 11.1. The van der Waals surface area contributed by atoms with Gasteiger partial charge in [-0.1, -0.05) is 6.07 Å². The van der Waals surface area contributed by atoms with Gasteiger partial charge in [0.15, 0.2) is 5.96 Å². The monoisotopic (exact) mass is 416 g/mol. The number of thiophene rings is 1. The van der Waals surface area contributed by atoms with E-state index in [1.165, 1.54) is 29.9 Å². The number of guanidine groups is 1. The van der Waals surface area contributed by atoms with E-state index in [1.807, 2.05) is 0 Å². The van der Waals surface area contributed by atoms with Gasteiger partial charge in [-0.2, -0.15) is 0 Å².